The number of hydrogen-bond donors (Lipinski definition) is 2. The van der Waals surface area contributed by atoms with Crippen LogP contribution in [0.15, 0.2) is 23.3 Å². The molecule has 0 aromatic heterocycles. The van der Waals surface area contributed by atoms with E-state index in [9.17, 15) is 9.59 Å². The first kappa shape index (κ1) is 17.4. The van der Waals surface area contributed by atoms with Crippen molar-refractivity contribution in [2.24, 2.45) is 5.41 Å². The largest absolute Gasteiger partial charge is 0.478 e. The SMILES string of the molecule is CC(=CC(=CCC(C)(C)CN(C)C)C(=O)O)C(=O)O. The molecule has 0 aliphatic rings. The van der Waals surface area contributed by atoms with Crippen molar-refractivity contribution in [3.8, 4) is 0 Å². The summed E-state index contributed by atoms with van der Waals surface area (Å²) in [7, 11) is 3.91. The Kier molecular flexibility index (Phi) is 6.48. The Bertz CT molecular complexity index is 406. The first-order chi connectivity index (χ1) is 8.55. The molecule has 0 radical (unpaired) electrons. The molecule has 5 nitrogen and oxygen atoms in total. The van der Waals surface area contributed by atoms with Crippen LogP contribution in [-0.2, 0) is 9.59 Å². The minimum absolute atomic E-state index is 0.0130. The standard InChI is InChI=1S/C14H23NO4/c1-10(12(16)17)8-11(13(18)19)6-7-14(2,3)9-15(4)5/h6,8H,7,9H2,1-5H3,(H,16,17)(H,18,19). The van der Waals surface area contributed by atoms with Crippen molar-refractivity contribution in [3.05, 3.63) is 23.3 Å². The molecule has 0 fully saturated rings. The maximum absolute atomic E-state index is 11.1. The fraction of sp³-hybridized carbons (Fsp3) is 0.571. The summed E-state index contributed by atoms with van der Waals surface area (Å²) in [6, 6.07) is 0. The number of hydrogen-bond acceptors (Lipinski definition) is 3. The maximum atomic E-state index is 11.1. The van der Waals surface area contributed by atoms with E-state index in [-0.39, 0.29) is 16.6 Å². The first-order valence-corrected chi connectivity index (χ1v) is 6.05. The normalized spacial score (nSPS) is 13.8. The molecule has 0 saturated carbocycles. The number of carbonyl (C=O) groups is 2. The van der Waals surface area contributed by atoms with E-state index in [2.05, 4.69) is 0 Å². The van der Waals surface area contributed by atoms with Crippen LogP contribution in [0.1, 0.15) is 27.2 Å². The Morgan fingerprint density at radius 1 is 1.16 bits per heavy atom. The van der Waals surface area contributed by atoms with Crippen LogP contribution in [0.2, 0.25) is 0 Å². The van der Waals surface area contributed by atoms with Crippen LogP contribution in [-0.4, -0.2) is 47.7 Å². The smallest absolute Gasteiger partial charge is 0.335 e. The molecule has 2 N–H and O–H groups in total. The van der Waals surface area contributed by atoms with E-state index in [1.807, 2.05) is 32.8 Å². The van der Waals surface area contributed by atoms with Crippen molar-refractivity contribution in [2.45, 2.75) is 27.2 Å². The van der Waals surface area contributed by atoms with E-state index < -0.39 is 11.9 Å². The fourth-order valence-electron chi connectivity index (χ4n) is 1.81. The Balaban J connectivity index is 5.02. The molecule has 0 saturated heterocycles. The zero-order valence-corrected chi connectivity index (χ0v) is 12.2. The van der Waals surface area contributed by atoms with Crippen molar-refractivity contribution in [2.75, 3.05) is 20.6 Å². The summed E-state index contributed by atoms with van der Waals surface area (Å²) in [5, 5.41) is 17.8. The summed E-state index contributed by atoms with van der Waals surface area (Å²) in [6.45, 7) is 6.27. The molecule has 0 aliphatic carbocycles. The van der Waals surface area contributed by atoms with E-state index >= 15 is 0 Å². The van der Waals surface area contributed by atoms with Gasteiger partial charge in [0.25, 0.3) is 0 Å². The molecule has 0 unspecified atom stereocenters. The second kappa shape index (κ2) is 7.09. The summed E-state index contributed by atoms with van der Waals surface area (Å²) in [5.74, 6) is -2.22. The van der Waals surface area contributed by atoms with Crippen molar-refractivity contribution >= 4 is 11.9 Å². The van der Waals surface area contributed by atoms with Gasteiger partial charge in [0.15, 0.2) is 0 Å². The number of nitrogens with zero attached hydrogens (tertiary/aromatic N) is 1. The lowest BCUT2D eigenvalue weighted by Gasteiger charge is -2.27. The summed E-state index contributed by atoms with van der Waals surface area (Å²) >= 11 is 0. The van der Waals surface area contributed by atoms with Gasteiger partial charge in [0.2, 0.25) is 0 Å². The van der Waals surface area contributed by atoms with Gasteiger partial charge in [-0.2, -0.15) is 0 Å². The van der Waals surface area contributed by atoms with Gasteiger partial charge in [-0.25, -0.2) is 9.59 Å². The average molecular weight is 269 g/mol. The van der Waals surface area contributed by atoms with Gasteiger partial charge in [0.1, 0.15) is 0 Å². The van der Waals surface area contributed by atoms with Gasteiger partial charge in [-0.3, -0.25) is 0 Å². The molecule has 0 aromatic carbocycles. The van der Waals surface area contributed by atoms with E-state index in [4.69, 9.17) is 10.2 Å². The molecule has 0 atom stereocenters. The predicted octanol–water partition coefficient (Wildman–Crippen LogP) is 2.01. The van der Waals surface area contributed by atoms with Gasteiger partial charge in [-0.15, -0.1) is 0 Å². The number of aliphatic carboxylic acids is 2. The highest BCUT2D eigenvalue weighted by Crippen LogP contribution is 2.23. The zero-order chi connectivity index (χ0) is 15.2. The minimum Gasteiger partial charge on any atom is -0.478 e. The predicted molar refractivity (Wildman–Crippen MR) is 74.1 cm³/mol. The van der Waals surface area contributed by atoms with Gasteiger partial charge < -0.3 is 15.1 Å². The number of carboxylic acids is 2. The van der Waals surface area contributed by atoms with Crippen molar-refractivity contribution < 1.29 is 19.8 Å². The zero-order valence-electron chi connectivity index (χ0n) is 12.2. The first-order valence-electron chi connectivity index (χ1n) is 6.05. The highest BCUT2D eigenvalue weighted by molar-refractivity contribution is 5.94. The van der Waals surface area contributed by atoms with Crippen LogP contribution >= 0.6 is 0 Å². The van der Waals surface area contributed by atoms with E-state index in [0.29, 0.717) is 6.42 Å². The monoisotopic (exact) mass is 269 g/mol. The Hall–Kier alpha value is -1.62. The quantitative estimate of drug-likeness (QED) is 0.546. The van der Waals surface area contributed by atoms with Gasteiger partial charge >= 0.3 is 11.9 Å². The van der Waals surface area contributed by atoms with E-state index in [0.717, 1.165) is 6.54 Å². The Labute approximate surface area is 114 Å². The number of allylic oxidation sites excluding steroid dienone is 1. The lowest BCUT2D eigenvalue weighted by Crippen LogP contribution is -2.28. The molecule has 0 aromatic rings. The van der Waals surface area contributed by atoms with E-state index in [1.54, 1.807) is 6.08 Å². The molecular formula is C14H23NO4. The number of carboxylic acid groups (broad SMARTS) is 2. The van der Waals surface area contributed by atoms with Crippen molar-refractivity contribution in [3.63, 3.8) is 0 Å². The van der Waals surface area contributed by atoms with Crippen LogP contribution in [0.3, 0.4) is 0 Å². The molecular weight excluding hydrogens is 246 g/mol. The van der Waals surface area contributed by atoms with E-state index in [1.165, 1.54) is 13.0 Å². The van der Waals surface area contributed by atoms with Crippen molar-refractivity contribution in [1.29, 1.82) is 0 Å². The second-order valence-corrected chi connectivity index (χ2v) is 5.70. The van der Waals surface area contributed by atoms with Gasteiger partial charge in [-0.05, 0) is 38.9 Å². The maximum Gasteiger partial charge on any atom is 0.335 e. The third kappa shape index (κ3) is 7.41. The Morgan fingerprint density at radius 2 is 1.68 bits per heavy atom. The topological polar surface area (TPSA) is 77.8 Å². The third-order valence-electron chi connectivity index (χ3n) is 2.58. The Morgan fingerprint density at radius 3 is 2.05 bits per heavy atom. The molecule has 0 aliphatic heterocycles. The van der Waals surface area contributed by atoms with Crippen molar-refractivity contribution in [1.82, 2.24) is 4.90 Å². The van der Waals surface area contributed by atoms with Crippen LogP contribution in [0, 0.1) is 5.41 Å². The molecule has 0 amide bonds. The van der Waals surface area contributed by atoms with Crippen LogP contribution < -0.4 is 0 Å². The average Bonchev–Trinajstić information content (AvgIpc) is 2.21. The summed E-state index contributed by atoms with van der Waals surface area (Å²) in [5.41, 5.74) is -0.0411. The molecule has 0 bridgehead atoms. The summed E-state index contributed by atoms with van der Waals surface area (Å²) in [4.78, 5) is 23.8. The molecule has 108 valence electrons. The lowest BCUT2D eigenvalue weighted by atomic mass is 9.88. The molecule has 0 heterocycles. The summed E-state index contributed by atoms with van der Waals surface area (Å²) < 4.78 is 0. The minimum atomic E-state index is -1.11. The highest BCUT2D eigenvalue weighted by Gasteiger charge is 2.18. The summed E-state index contributed by atoms with van der Waals surface area (Å²) in [6.07, 6.45) is 3.34. The number of rotatable bonds is 7. The van der Waals surface area contributed by atoms with Crippen LogP contribution in [0.4, 0.5) is 0 Å². The fourth-order valence-corrected chi connectivity index (χ4v) is 1.81. The highest BCUT2D eigenvalue weighted by atomic mass is 16.4. The molecule has 5 heteroatoms. The molecule has 0 rings (SSSR count). The second-order valence-electron chi connectivity index (χ2n) is 5.70. The lowest BCUT2D eigenvalue weighted by molar-refractivity contribution is -0.132. The third-order valence-corrected chi connectivity index (χ3v) is 2.58. The van der Waals surface area contributed by atoms with Gasteiger partial charge in [0, 0.05) is 12.1 Å². The van der Waals surface area contributed by atoms with Crippen LogP contribution in [0.25, 0.3) is 0 Å². The molecule has 0 spiro atoms. The molecule has 19 heavy (non-hydrogen) atoms. The van der Waals surface area contributed by atoms with Crippen LogP contribution in [0.5, 0.6) is 0 Å². The van der Waals surface area contributed by atoms with Gasteiger partial charge in [0.05, 0.1) is 5.57 Å². The van der Waals surface area contributed by atoms with Gasteiger partial charge in [-0.1, -0.05) is 19.9 Å².